The fourth-order valence-corrected chi connectivity index (χ4v) is 2.79. The first-order chi connectivity index (χ1) is 9.81. The van der Waals surface area contributed by atoms with Gasteiger partial charge in [-0.3, -0.25) is 0 Å². The molecule has 0 spiro atoms. The van der Waals surface area contributed by atoms with Gasteiger partial charge in [-0.2, -0.15) is 9.97 Å². The minimum absolute atomic E-state index is 0.103. The fraction of sp³-hybridized carbons (Fsp3) is 0.692. The Morgan fingerprint density at radius 3 is 2.70 bits per heavy atom. The predicted molar refractivity (Wildman–Crippen MR) is 72.7 cm³/mol. The summed E-state index contributed by atoms with van der Waals surface area (Å²) in [5.74, 6) is 2.42. The van der Waals surface area contributed by atoms with E-state index in [1.807, 2.05) is 0 Å². The van der Waals surface area contributed by atoms with E-state index in [0.717, 1.165) is 18.9 Å². The standard InChI is InChI=1S/C13H16ClN3O3/c14-13-15-11(17-3-5-18-6-4-17)10-12(16-13)20-9(7-19-10)8-1-2-8/h8-9H,1-7H2/t9-/m1/s1. The highest BCUT2D eigenvalue weighted by molar-refractivity contribution is 6.28. The third-order valence-electron chi connectivity index (χ3n) is 3.90. The molecule has 1 saturated heterocycles. The van der Waals surface area contributed by atoms with Crippen molar-refractivity contribution in [2.24, 2.45) is 5.92 Å². The maximum atomic E-state index is 6.03. The second-order valence-corrected chi connectivity index (χ2v) is 5.69. The highest BCUT2D eigenvalue weighted by Crippen LogP contribution is 2.43. The summed E-state index contributed by atoms with van der Waals surface area (Å²) < 4.78 is 17.2. The van der Waals surface area contributed by atoms with Gasteiger partial charge in [-0.15, -0.1) is 0 Å². The van der Waals surface area contributed by atoms with Gasteiger partial charge in [-0.1, -0.05) is 0 Å². The molecular weight excluding hydrogens is 282 g/mol. The largest absolute Gasteiger partial charge is 0.481 e. The zero-order valence-electron chi connectivity index (χ0n) is 11.0. The Labute approximate surface area is 122 Å². The van der Waals surface area contributed by atoms with E-state index in [9.17, 15) is 0 Å². The predicted octanol–water partition coefficient (Wildman–Crippen LogP) is 1.52. The minimum atomic E-state index is 0.103. The summed E-state index contributed by atoms with van der Waals surface area (Å²) in [7, 11) is 0. The van der Waals surface area contributed by atoms with Crippen LogP contribution < -0.4 is 14.4 Å². The van der Waals surface area contributed by atoms with E-state index in [1.54, 1.807) is 0 Å². The van der Waals surface area contributed by atoms with Crippen molar-refractivity contribution in [2.45, 2.75) is 18.9 Å². The molecular formula is C13H16ClN3O3. The lowest BCUT2D eigenvalue weighted by Crippen LogP contribution is -2.38. The summed E-state index contributed by atoms with van der Waals surface area (Å²) in [4.78, 5) is 10.6. The van der Waals surface area contributed by atoms with Crippen molar-refractivity contribution in [2.75, 3.05) is 37.8 Å². The number of halogens is 1. The van der Waals surface area contributed by atoms with Gasteiger partial charge in [0.15, 0.2) is 5.82 Å². The van der Waals surface area contributed by atoms with E-state index in [-0.39, 0.29) is 11.4 Å². The molecule has 3 aliphatic rings. The maximum absolute atomic E-state index is 6.03. The Balaban J connectivity index is 1.65. The van der Waals surface area contributed by atoms with E-state index in [0.29, 0.717) is 37.4 Å². The van der Waals surface area contributed by atoms with Crippen LogP contribution in [-0.4, -0.2) is 49.0 Å². The number of aromatic nitrogens is 2. The van der Waals surface area contributed by atoms with Gasteiger partial charge in [0.1, 0.15) is 12.7 Å². The monoisotopic (exact) mass is 297 g/mol. The summed E-state index contributed by atoms with van der Waals surface area (Å²) in [6.07, 6.45) is 2.52. The van der Waals surface area contributed by atoms with Gasteiger partial charge < -0.3 is 19.1 Å². The van der Waals surface area contributed by atoms with Crippen LogP contribution in [0.25, 0.3) is 0 Å². The molecule has 1 saturated carbocycles. The molecule has 6 nitrogen and oxygen atoms in total. The average molecular weight is 298 g/mol. The van der Waals surface area contributed by atoms with Gasteiger partial charge in [0.25, 0.3) is 5.88 Å². The van der Waals surface area contributed by atoms with E-state index in [4.69, 9.17) is 25.8 Å². The Hall–Kier alpha value is -1.27. The highest BCUT2D eigenvalue weighted by atomic mass is 35.5. The van der Waals surface area contributed by atoms with Crippen LogP contribution in [0.1, 0.15) is 12.8 Å². The molecule has 108 valence electrons. The number of hydrogen-bond acceptors (Lipinski definition) is 6. The lowest BCUT2D eigenvalue weighted by atomic mass is 10.2. The molecule has 1 aliphatic carbocycles. The summed E-state index contributed by atoms with van der Waals surface area (Å²) in [5.41, 5.74) is 0. The smallest absolute Gasteiger partial charge is 0.264 e. The molecule has 0 bridgehead atoms. The van der Waals surface area contributed by atoms with E-state index in [2.05, 4.69) is 14.9 Å². The number of fused-ring (bicyclic) bond motifs is 1. The normalized spacial score (nSPS) is 25.6. The van der Waals surface area contributed by atoms with Crippen LogP contribution in [0.4, 0.5) is 5.82 Å². The molecule has 0 aromatic carbocycles. The third-order valence-corrected chi connectivity index (χ3v) is 4.07. The summed E-state index contributed by atoms with van der Waals surface area (Å²) in [6, 6.07) is 0. The number of hydrogen-bond donors (Lipinski definition) is 0. The van der Waals surface area contributed by atoms with Crippen LogP contribution in [0.15, 0.2) is 0 Å². The SMILES string of the molecule is Clc1nc2c(c(N3CCOCC3)n1)OC[C@H](C1CC1)O2. The first-order valence-corrected chi connectivity index (χ1v) is 7.39. The van der Waals surface area contributed by atoms with Crippen LogP contribution in [-0.2, 0) is 4.74 Å². The number of rotatable bonds is 2. The molecule has 0 amide bonds. The van der Waals surface area contributed by atoms with Crippen molar-refractivity contribution in [1.82, 2.24) is 9.97 Å². The van der Waals surface area contributed by atoms with Crippen LogP contribution in [0.3, 0.4) is 0 Å². The zero-order chi connectivity index (χ0) is 13.5. The summed E-state index contributed by atoms with van der Waals surface area (Å²) in [6.45, 7) is 3.48. The molecule has 0 unspecified atom stereocenters. The molecule has 1 aromatic heterocycles. The van der Waals surface area contributed by atoms with Gasteiger partial charge in [-0.25, -0.2) is 0 Å². The van der Waals surface area contributed by atoms with Crippen molar-refractivity contribution < 1.29 is 14.2 Å². The van der Waals surface area contributed by atoms with E-state index >= 15 is 0 Å². The maximum Gasteiger partial charge on any atom is 0.264 e. The average Bonchev–Trinajstić information content (AvgIpc) is 3.31. The second kappa shape index (κ2) is 4.93. The van der Waals surface area contributed by atoms with Crippen LogP contribution >= 0.6 is 11.6 Å². The molecule has 7 heteroatoms. The quantitative estimate of drug-likeness (QED) is 0.772. The Bertz CT molecular complexity index is 518. The molecule has 20 heavy (non-hydrogen) atoms. The van der Waals surface area contributed by atoms with Crippen molar-refractivity contribution in [3.63, 3.8) is 0 Å². The van der Waals surface area contributed by atoms with Crippen molar-refractivity contribution >= 4 is 17.4 Å². The van der Waals surface area contributed by atoms with Crippen LogP contribution in [0, 0.1) is 5.92 Å². The fourth-order valence-electron chi connectivity index (χ4n) is 2.63. The molecule has 2 fully saturated rings. The van der Waals surface area contributed by atoms with Gasteiger partial charge in [0.05, 0.1) is 13.2 Å². The van der Waals surface area contributed by atoms with Crippen molar-refractivity contribution in [3.8, 4) is 11.6 Å². The first-order valence-electron chi connectivity index (χ1n) is 7.01. The summed E-state index contributed by atoms with van der Waals surface area (Å²) in [5, 5.41) is 0.199. The van der Waals surface area contributed by atoms with E-state index in [1.165, 1.54) is 12.8 Å². The van der Waals surface area contributed by atoms with Crippen molar-refractivity contribution in [1.29, 1.82) is 0 Å². The molecule has 0 N–H and O–H groups in total. The lowest BCUT2D eigenvalue weighted by molar-refractivity contribution is 0.0690. The van der Waals surface area contributed by atoms with Crippen molar-refractivity contribution in [3.05, 3.63) is 5.28 Å². The van der Waals surface area contributed by atoms with Gasteiger partial charge in [-0.05, 0) is 30.4 Å². The van der Waals surface area contributed by atoms with Gasteiger partial charge in [0, 0.05) is 13.1 Å². The van der Waals surface area contributed by atoms with E-state index < -0.39 is 0 Å². The van der Waals surface area contributed by atoms with Crippen LogP contribution in [0.5, 0.6) is 11.6 Å². The number of nitrogens with zero attached hydrogens (tertiary/aromatic N) is 3. The van der Waals surface area contributed by atoms with Crippen LogP contribution in [0.2, 0.25) is 5.28 Å². The number of anilines is 1. The second-order valence-electron chi connectivity index (χ2n) is 5.35. The molecule has 0 radical (unpaired) electrons. The molecule has 2 aliphatic heterocycles. The van der Waals surface area contributed by atoms with Gasteiger partial charge in [0.2, 0.25) is 11.0 Å². The molecule has 4 rings (SSSR count). The Kier molecular flexibility index (Phi) is 3.07. The zero-order valence-corrected chi connectivity index (χ0v) is 11.8. The third kappa shape index (κ3) is 2.27. The Morgan fingerprint density at radius 1 is 1.15 bits per heavy atom. The number of ether oxygens (including phenoxy) is 3. The molecule has 1 aromatic rings. The molecule has 3 heterocycles. The Morgan fingerprint density at radius 2 is 1.95 bits per heavy atom. The lowest BCUT2D eigenvalue weighted by Gasteiger charge is -2.32. The molecule has 1 atom stereocenters. The summed E-state index contributed by atoms with van der Waals surface area (Å²) >= 11 is 6.03. The topological polar surface area (TPSA) is 56.7 Å². The first kappa shape index (κ1) is 12.5. The van der Waals surface area contributed by atoms with Gasteiger partial charge >= 0.3 is 0 Å². The highest BCUT2D eigenvalue weighted by Gasteiger charge is 2.38. The number of morpholine rings is 1. The minimum Gasteiger partial charge on any atom is -0.481 e.